The molecule has 0 aliphatic heterocycles. The lowest BCUT2D eigenvalue weighted by Gasteiger charge is -2.09. The van der Waals surface area contributed by atoms with Crippen molar-refractivity contribution in [3.63, 3.8) is 0 Å². The van der Waals surface area contributed by atoms with Gasteiger partial charge in [-0.1, -0.05) is 32.0 Å². The fraction of sp³-hybridized carbons (Fsp3) is 0.286. The van der Waals surface area contributed by atoms with Crippen LogP contribution in [-0.4, -0.2) is 6.04 Å². The zero-order valence-corrected chi connectivity index (χ0v) is 12.4. The molecule has 1 N–H and O–H groups in total. The van der Waals surface area contributed by atoms with Crippen LogP contribution in [0.4, 0.5) is 0 Å². The Morgan fingerprint density at radius 3 is 2.76 bits per heavy atom. The highest BCUT2D eigenvalue weighted by molar-refractivity contribution is 9.10. The van der Waals surface area contributed by atoms with Gasteiger partial charge in [0.05, 0.1) is 0 Å². The van der Waals surface area contributed by atoms with E-state index in [0.29, 0.717) is 6.04 Å². The van der Waals surface area contributed by atoms with Gasteiger partial charge in [-0.2, -0.15) is 11.3 Å². The van der Waals surface area contributed by atoms with Gasteiger partial charge in [-0.05, 0) is 38.5 Å². The first-order valence-electron chi connectivity index (χ1n) is 5.71. The third-order valence-corrected chi connectivity index (χ3v) is 4.27. The van der Waals surface area contributed by atoms with Gasteiger partial charge in [0.2, 0.25) is 0 Å². The van der Waals surface area contributed by atoms with Gasteiger partial charge >= 0.3 is 0 Å². The fourth-order valence-corrected chi connectivity index (χ4v) is 3.19. The summed E-state index contributed by atoms with van der Waals surface area (Å²) >= 11 is 5.31. The number of hydrogen-bond acceptors (Lipinski definition) is 2. The average Bonchev–Trinajstić information content (AvgIpc) is 2.73. The molecule has 0 spiro atoms. The van der Waals surface area contributed by atoms with E-state index in [-0.39, 0.29) is 0 Å². The van der Waals surface area contributed by atoms with E-state index in [1.54, 1.807) is 11.3 Å². The van der Waals surface area contributed by atoms with Crippen molar-refractivity contribution < 1.29 is 0 Å². The van der Waals surface area contributed by atoms with E-state index in [1.165, 1.54) is 21.2 Å². The molecule has 17 heavy (non-hydrogen) atoms. The summed E-state index contributed by atoms with van der Waals surface area (Å²) in [7, 11) is 0. The fourth-order valence-electron chi connectivity index (χ4n) is 1.66. The van der Waals surface area contributed by atoms with Gasteiger partial charge in [0, 0.05) is 28.0 Å². The molecule has 0 aliphatic carbocycles. The number of thiophene rings is 1. The molecule has 0 amide bonds. The lowest BCUT2D eigenvalue weighted by Crippen LogP contribution is -2.21. The topological polar surface area (TPSA) is 12.0 Å². The van der Waals surface area contributed by atoms with Crippen LogP contribution in [-0.2, 0) is 6.54 Å². The number of halogens is 1. The summed E-state index contributed by atoms with van der Waals surface area (Å²) in [6.45, 7) is 5.26. The van der Waals surface area contributed by atoms with Crippen molar-refractivity contribution in [2.24, 2.45) is 0 Å². The minimum absolute atomic E-state index is 0.520. The van der Waals surface area contributed by atoms with Gasteiger partial charge in [-0.3, -0.25) is 0 Å². The minimum atomic E-state index is 0.520. The Hall–Kier alpha value is -0.640. The van der Waals surface area contributed by atoms with E-state index in [1.807, 2.05) is 0 Å². The Morgan fingerprint density at radius 1 is 1.29 bits per heavy atom. The van der Waals surface area contributed by atoms with Crippen molar-refractivity contribution in [3.05, 3.63) is 45.1 Å². The standard InChI is InChI=1S/C14H16BrNS/c1-10(2)16-7-11-4-3-5-12(6-11)13-8-17-9-14(13)15/h3-6,8-10,16H,7H2,1-2H3. The van der Waals surface area contributed by atoms with E-state index >= 15 is 0 Å². The zero-order valence-electron chi connectivity index (χ0n) is 10.0. The molecule has 1 aromatic carbocycles. The Morgan fingerprint density at radius 2 is 2.12 bits per heavy atom. The van der Waals surface area contributed by atoms with Crippen molar-refractivity contribution in [1.29, 1.82) is 0 Å². The number of hydrogen-bond donors (Lipinski definition) is 1. The highest BCUT2D eigenvalue weighted by atomic mass is 79.9. The Kier molecular flexibility index (Phi) is 4.37. The molecule has 2 aromatic rings. The van der Waals surface area contributed by atoms with Crippen LogP contribution in [0.15, 0.2) is 39.5 Å². The van der Waals surface area contributed by atoms with Crippen LogP contribution < -0.4 is 5.32 Å². The van der Waals surface area contributed by atoms with Crippen LogP contribution in [0.1, 0.15) is 19.4 Å². The molecule has 0 aliphatic rings. The Balaban J connectivity index is 2.20. The molecular formula is C14H16BrNS. The molecule has 1 nitrogen and oxygen atoms in total. The molecule has 3 heteroatoms. The van der Waals surface area contributed by atoms with Crippen LogP contribution in [0.5, 0.6) is 0 Å². The second-order valence-electron chi connectivity index (χ2n) is 4.37. The van der Waals surface area contributed by atoms with Crippen LogP contribution in [0.25, 0.3) is 11.1 Å². The second-order valence-corrected chi connectivity index (χ2v) is 5.97. The third kappa shape index (κ3) is 3.41. The number of rotatable bonds is 4. The summed E-state index contributed by atoms with van der Waals surface area (Å²) < 4.78 is 1.18. The minimum Gasteiger partial charge on any atom is -0.310 e. The van der Waals surface area contributed by atoms with E-state index in [9.17, 15) is 0 Å². The van der Waals surface area contributed by atoms with Crippen LogP contribution in [0.2, 0.25) is 0 Å². The monoisotopic (exact) mass is 309 g/mol. The Labute approximate surface area is 115 Å². The highest BCUT2D eigenvalue weighted by Gasteiger charge is 2.04. The summed E-state index contributed by atoms with van der Waals surface area (Å²) in [5.41, 5.74) is 3.89. The first-order valence-corrected chi connectivity index (χ1v) is 7.45. The predicted molar refractivity (Wildman–Crippen MR) is 79.4 cm³/mol. The van der Waals surface area contributed by atoms with E-state index in [4.69, 9.17) is 0 Å². The lowest BCUT2D eigenvalue weighted by molar-refractivity contribution is 0.589. The van der Waals surface area contributed by atoms with E-state index in [2.05, 4.69) is 70.1 Å². The van der Waals surface area contributed by atoms with Crippen LogP contribution >= 0.6 is 27.3 Å². The molecule has 1 aromatic heterocycles. The second kappa shape index (κ2) is 5.80. The molecule has 0 fully saturated rings. The van der Waals surface area contributed by atoms with Crippen LogP contribution in [0, 0.1) is 0 Å². The van der Waals surface area contributed by atoms with Crippen LogP contribution in [0.3, 0.4) is 0 Å². The normalized spacial score (nSPS) is 11.1. The maximum absolute atomic E-state index is 3.58. The van der Waals surface area contributed by atoms with Gasteiger partial charge < -0.3 is 5.32 Å². The number of benzene rings is 1. The molecule has 0 saturated heterocycles. The molecule has 0 saturated carbocycles. The third-order valence-electron chi connectivity index (χ3n) is 2.57. The van der Waals surface area contributed by atoms with Gasteiger partial charge in [0.1, 0.15) is 0 Å². The summed E-state index contributed by atoms with van der Waals surface area (Å²) in [5, 5.41) is 7.74. The van der Waals surface area contributed by atoms with Crippen molar-refractivity contribution in [3.8, 4) is 11.1 Å². The molecule has 1 heterocycles. The molecular weight excluding hydrogens is 294 g/mol. The van der Waals surface area contributed by atoms with Gasteiger partial charge in [0.25, 0.3) is 0 Å². The lowest BCUT2D eigenvalue weighted by atomic mass is 10.1. The summed E-state index contributed by atoms with van der Waals surface area (Å²) in [6, 6.07) is 9.22. The van der Waals surface area contributed by atoms with Crippen molar-refractivity contribution >= 4 is 27.3 Å². The summed E-state index contributed by atoms with van der Waals surface area (Å²) in [5.74, 6) is 0. The van der Waals surface area contributed by atoms with Crippen molar-refractivity contribution in [2.75, 3.05) is 0 Å². The molecule has 0 unspecified atom stereocenters. The van der Waals surface area contributed by atoms with Gasteiger partial charge in [0.15, 0.2) is 0 Å². The average molecular weight is 310 g/mol. The Bertz CT molecular complexity index is 490. The first kappa shape index (κ1) is 12.8. The summed E-state index contributed by atoms with van der Waals surface area (Å²) in [6.07, 6.45) is 0. The van der Waals surface area contributed by atoms with Crippen molar-refractivity contribution in [1.82, 2.24) is 5.32 Å². The molecule has 0 radical (unpaired) electrons. The summed E-state index contributed by atoms with van der Waals surface area (Å²) in [4.78, 5) is 0. The van der Waals surface area contributed by atoms with Gasteiger partial charge in [-0.15, -0.1) is 0 Å². The van der Waals surface area contributed by atoms with E-state index in [0.717, 1.165) is 6.54 Å². The zero-order chi connectivity index (χ0) is 12.3. The quantitative estimate of drug-likeness (QED) is 0.865. The maximum Gasteiger partial charge on any atom is 0.0360 e. The molecule has 0 atom stereocenters. The SMILES string of the molecule is CC(C)NCc1cccc(-c2cscc2Br)c1. The molecule has 2 rings (SSSR count). The van der Waals surface area contributed by atoms with Crippen molar-refractivity contribution in [2.45, 2.75) is 26.4 Å². The number of nitrogens with one attached hydrogen (secondary N) is 1. The smallest absolute Gasteiger partial charge is 0.0360 e. The first-order chi connectivity index (χ1) is 8.16. The molecule has 90 valence electrons. The van der Waals surface area contributed by atoms with E-state index < -0.39 is 0 Å². The largest absolute Gasteiger partial charge is 0.310 e. The predicted octanol–water partition coefficient (Wildman–Crippen LogP) is 4.68. The highest BCUT2D eigenvalue weighted by Crippen LogP contribution is 2.31. The molecule has 0 bridgehead atoms. The van der Waals surface area contributed by atoms with Gasteiger partial charge in [-0.25, -0.2) is 0 Å². The maximum atomic E-state index is 3.58.